The minimum Gasteiger partial charge on any atom is -0.328 e. The summed E-state index contributed by atoms with van der Waals surface area (Å²) in [6, 6.07) is 8.82. The van der Waals surface area contributed by atoms with Crippen molar-refractivity contribution in [1.29, 1.82) is 0 Å². The predicted octanol–water partition coefficient (Wildman–Crippen LogP) is 1.41. The van der Waals surface area contributed by atoms with E-state index >= 15 is 0 Å². The molecule has 0 unspecified atom stereocenters. The highest BCUT2D eigenvalue weighted by molar-refractivity contribution is 7.89. The highest BCUT2D eigenvalue weighted by atomic mass is 32.2. The number of amides is 1. The monoisotopic (exact) mass is 347 g/mol. The molecule has 1 fully saturated rings. The number of carbonyl (C=O) groups excluding carboxylic acids is 1. The van der Waals surface area contributed by atoms with E-state index in [9.17, 15) is 18.0 Å². The number of H-pyrrole nitrogens is 1. The van der Waals surface area contributed by atoms with Crippen molar-refractivity contribution in [1.82, 2.24) is 9.29 Å². The molecule has 1 amide bonds. The first kappa shape index (κ1) is 16.4. The van der Waals surface area contributed by atoms with E-state index in [2.05, 4.69) is 10.3 Å². The molecule has 0 aliphatic carbocycles. The summed E-state index contributed by atoms with van der Waals surface area (Å²) < 4.78 is 26.6. The van der Waals surface area contributed by atoms with Crippen LogP contribution in [-0.2, 0) is 10.0 Å². The van der Waals surface area contributed by atoms with E-state index in [1.165, 1.54) is 34.8 Å². The molecule has 7 nitrogen and oxygen atoms in total. The van der Waals surface area contributed by atoms with Crippen LogP contribution in [0.2, 0.25) is 0 Å². The first-order valence-electron chi connectivity index (χ1n) is 7.57. The molecule has 1 aromatic heterocycles. The Hall–Kier alpha value is -2.45. The second-order valence-corrected chi connectivity index (χ2v) is 7.47. The molecular weight excluding hydrogens is 330 g/mol. The Morgan fingerprint density at radius 2 is 1.88 bits per heavy atom. The summed E-state index contributed by atoms with van der Waals surface area (Å²) in [5, 5.41) is 2.64. The van der Waals surface area contributed by atoms with Gasteiger partial charge in [0.25, 0.3) is 5.91 Å². The van der Waals surface area contributed by atoms with Gasteiger partial charge in [0.2, 0.25) is 15.6 Å². The molecule has 0 saturated carbocycles. The average Bonchev–Trinajstić information content (AvgIpc) is 3.11. The maximum absolute atomic E-state index is 12.6. The number of aromatic amines is 1. The lowest BCUT2D eigenvalue weighted by atomic mass is 10.2. The number of sulfonamides is 1. The van der Waals surface area contributed by atoms with Crippen LogP contribution in [0.1, 0.15) is 23.2 Å². The van der Waals surface area contributed by atoms with Crippen molar-refractivity contribution in [3.8, 4) is 0 Å². The van der Waals surface area contributed by atoms with Crippen LogP contribution in [-0.4, -0.2) is 36.7 Å². The first-order chi connectivity index (χ1) is 11.5. The summed E-state index contributed by atoms with van der Waals surface area (Å²) in [6.45, 7) is 1.05. The smallest absolute Gasteiger partial charge is 0.257 e. The maximum Gasteiger partial charge on any atom is 0.257 e. The van der Waals surface area contributed by atoms with Crippen LogP contribution in [0.5, 0.6) is 0 Å². The summed E-state index contributed by atoms with van der Waals surface area (Å²) in [6.07, 6.45) is 3.03. The third kappa shape index (κ3) is 3.39. The van der Waals surface area contributed by atoms with E-state index in [4.69, 9.17) is 0 Å². The highest BCUT2D eigenvalue weighted by Crippen LogP contribution is 2.23. The summed E-state index contributed by atoms with van der Waals surface area (Å²) in [5.41, 5.74) is 0.360. The molecule has 8 heteroatoms. The molecule has 24 heavy (non-hydrogen) atoms. The lowest BCUT2D eigenvalue weighted by Gasteiger charge is -2.16. The zero-order valence-electron chi connectivity index (χ0n) is 12.9. The Bertz CT molecular complexity index is 894. The molecular formula is C16H17N3O4S. The Morgan fingerprint density at radius 1 is 1.12 bits per heavy atom. The molecule has 126 valence electrons. The fraction of sp³-hybridized carbons (Fsp3) is 0.250. The van der Waals surface area contributed by atoms with Gasteiger partial charge in [-0.05, 0) is 37.1 Å². The molecule has 0 spiro atoms. The van der Waals surface area contributed by atoms with Gasteiger partial charge in [0, 0.05) is 31.0 Å². The Kier molecular flexibility index (Phi) is 4.50. The van der Waals surface area contributed by atoms with E-state index in [0.717, 1.165) is 12.8 Å². The molecule has 2 aromatic rings. The zero-order valence-corrected chi connectivity index (χ0v) is 13.7. The van der Waals surface area contributed by atoms with E-state index in [1.807, 2.05) is 0 Å². The zero-order chi connectivity index (χ0) is 17.2. The van der Waals surface area contributed by atoms with Crippen molar-refractivity contribution in [3.05, 3.63) is 58.5 Å². The minimum atomic E-state index is -3.53. The molecule has 1 saturated heterocycles. The Labute approximate surface area is 139 Å². The number of nitrogens with zero attached hydrogens (tertiary/aromatic N) is 1. The van der Waals surface area contributed by atoms with Crippen LogP contribution < -0.4 is 10.9 Å². The number of hydrogen-bond acceptors (Lipinski definition) is 4. The van der Waals surface area contributed by atoms with Crippen LogP contribution in [0, 0.1) is 0 Å². The highest BCUT2D eigenvalue weighted by Gasteiger charge is 2.27. The SMILES string of the molecule is O=C(Nc1cccc(S(=O)(=O)N2CCCC2)c1)c1ccc(=O)[nH]c1. The summed E-state index contributed by atoms with van der Waals surface area (Å²) in [4.78, 5) is 25.8. The molecule has 2 N–H and O–H groups in total. The molecule has 2 heterocycles. The first-order valence-corrected chi connectivity index (χ1v) is 9.01. The number of hydrogen-bond donors (Lipinski definition) is 2. The fourth-order valence-corrected chi connectivity index (χ4v) is 4.13. The summed E-state index contributed by atoms with van der Waals surface area (Å²) in [5.74, 6) is -0.429. The molecule has 3 rings (SSSR count). The van der Waals surface area contributed by atoms with Gasteiger partial charge in [-0.1, -0.05) is 6.07 Å². The van der Waals surface area contributed by atoms with Crippen molar-refractivity contribution in [2.24, 2.45) is 0 Å². The van der Waals surface area contributed by atoms with Crippen molar-refractivity contribution in [2.45, 2.75) is 17.7 Å². The minimum absolute atomic E-state index is 0.156. The number of rotatable bonds is 4. The van der Waals surface area contributed by atoms with E-state index in [0.29, 0.717) is 18.8 Å². The third-order valence-corrected chi connectivity index (χ3v) is 5.74. The third-order valence-electron chi connectivity index (χ3n) is 3.84. The van der Waals surface area contributed by atoms with Crippen molar-refractivity contribution in [2.75, 3.05) is 18.4 Å². The molecule has 1 aliphatic rings. The predicted molar refractivity (Wildman–Crippen MR) is 89.5 cm³/mol. The van der Waals surface area contributed by atoms with Gasteiger partial charge in [-0.25, -0.2) is 8.42 Å². The lowest BCUT2D eigenvalue weighted by Crippen LogP contribution is -2.27. The standard InChI is InChI=1S/C16H17N3O4S/c20-15-7-6-12(11-17-15)16(21)18-13-4-3-5-14(10-13)24(22,23)19-8-1-2-9-19/h3-7,10-11H,1-2,8-9H2,(H,17,20)(H,18,21). The number of carbonyl (C=O) groups is 1. The van der Waals surface area contributed by atoms with Gasteiger partial charge in [-0.3, -0.25) is 9.59 Å². The van der Waals surface area contributed by atoms with Gasteiger partial charge in [0.15, 0.2) is 0 Å². The van der Waals surface area contributed by atoms with Crippen LogP contribution in [0.25, 0.3) is 0 Å². The van der Waals surface area contributed by atoms with Crippen molar-refractivity contribution in [3.63, 3.8) is 0 Å². The second-order valence-electron chi connectivity index (χ2n) is 5.53. The molecule has 1 aliphatic heterocycles. The normalized spacial score (nSPS) is 15.3. The van der Waals surface area contributed by atoms with Gasteiger partial charge < -0.3 is 10.3 Å². The van der Waals surface area contributed by atoms with Gasteiger partial charge in [0.1, 0.15) is 0 Å². The Balaban J connectivity index is 1.81. The van der Waals surface area contributed by atoms with E-state index in [1.54, 1.807) is 12.1 Å². The van der Waals surface area contributed by atoms with Crippen LogP contribution in [0.3, 0.4) is 0 Å². The van der Waals surface area contributed by atoms with Crippen LogP contribution >= 0.6 is 0 Å². The molecule has 0 atom stereocenters. The van der Waals surface area contributed by atoms with Crippen molar-refractivity contribution >= 4 is 21.6 Å². The number of anilines is 1. The van der Waals surface area contributed by atoms with Gasteiger partial charge in [-0.15, -0.1) is 0 Å². The topological polar surface area (TPSA) is 99.3 Å². The van der Waals surface area contributed by atoms with Gasteiger partial charge in [-0.2, -0.15) is 4.31 Å². The van der Waals surface area contributed by atoms with Gasteiger partial charge >= 0.3 is 0 Å². The van der Waals surface area contributed by atoms with E-state index < -0.39 is 15.9 Å². The molecule has 0 radical (unpaired) electrons. The second kappa shape index (κ2) is 6.58. The number of nitrogens with one attached hydrogen (secondary N) is 2. The van der Waals surface area contributed by atoms with Crippen LogP contribution in [0.4, 0.5) is 5.69 Å². The number of benzene rings is 1. The largest absolute Gasteiger partial charge is 0.328 e. The maximum atomic E-state index is 12.6. The van der Waals surface area contributed by atoms with Crippen molar-refractivity contribution < 1.29 is 13.2 Å². The quantitative estimate of drug-likeness (QED) is 0.873. The summed E-state index contributed by atoms with van der Waals surface area (Å²) >= 11 is 0. The number of aromatic nitrogens is 1. The average molecular weight is 347 g/mol. The molecule has 0 bridgehead atoms. The Morgan fingerprint density at radius 3 is 2.54 bits per heavy atom. The fourth-order valence-electron chi connectivity index (χ4n) is 2.57. The van der Waals surface area contributed by atoms with Crippen LogP contribution in [0.15, 0.2) is 52.3 Å². The number of pyridine rings is 1. The molecule has 1 aromatic carbocycles. The lowest BCUT2D eigenvalue weighted by molar-refractivity contribution is 0.102. The van der Waals surface area contributed by atoms with E-state index in [-0.39, 0.29) is 16.0 Å². The summed E-state index contributed by atoms with van der Waals surface area (Å²) in [7, 11) is -3.53. The van der Waals surface area contributed by atoms with Gasteiger partial charge in [0.05, 0.1) is 10.5 Å².